The fourth-order valence-electron chi connectivity index (χ4n) is 1.63. The summed E-state index contributed by atoms with van der Waals surface area (Å²) in [6.45, 7) is 0.946. The molecule has 7 nitrogen and oxygen atoms in total. The van der Waals surface area contributed by atoms with Gasteiger partial charge in [-0.2, -0.15) is 5.10 Å². The molecule has 114 valence electrons. The topological polar surface area (TPSA) is 101 Å². The number of thiophene rings is 1. The minimum atomic E-state index is -3.89. The summed E-state index contributed by atoms with van der Waals surface area (Å²) in [6.07, 6.45) is 2.61. The van der Waals surface area contributed by atoms with Crippen LogP contribution in [0.3, 0.4) is 0 Å². The number of carboxylic acids is 1. The lowest BCUT2D eigenvalue weighted by Gasteiger charge is -2.02. The average Bonchev–Trinajstić information content (AvgIpc) is 2.96. The van der Waals surface area contributed by atoms with Gasteiger partial charge in [0.1, 0.15) is 15.8 Å². The Bertz CT molecular complexity index is 766. The highest BCUT2D eigenvalue weighted by Crippen LogP contribution is 2.27. The van der Waals surface area contributed by atoms with E-state index in [1.54, 1.807) is 0 Å². The van der Waals surface area contributed by atoms with E-state index < -0.39 is 22.7 Å². The third kappa shape index (κ3) is 3.39. The smallest absolute Gasteiger partial charge is 0.346 e. The maximum atomic E-state index is 12.2. The number of hydrogen-bond donors (Lipinski definition) is 2. The van der Waals surface area contributed by atoms with Crippen LogP contribution in [0.4, 0.5) is 10.1 Å². The number of sulfonamides is 1. The van der Waals surface area contributed by atoms with Crippen LogP contribution in [0.5, 0.6) is 0 Å². The molecule has 0 aliphatic heterocycles. The fourth-order valence-corrected chi connectivity index (χ4v) is 4.03. The quantitative estimate of drug-likeness (QED) is 0.838. The number of anilines is 1. The van der Waals surface area contributed by atoms with Crippen LogP contribution in [0.15, 0.2) is 22.7 Å². The molecule has 0 aromatic carbocycles. The third-order valence-electron chi connectivity index (χ3n) is 2.55. The Labute approximate surface area is 124 Å². The first-order valence-corrected chi connectivity index (χ1v) is 8.08. The Kier molecular flexibility index (Phi) is 4.28. The lowest BCUT2D eigenvalue weighted by Crippen LogP contribution is -2.11. The van der Waals surface area contributed by atoms with Crippen LogP contribution in [0.25, 0.3) is 0 Å². The molecule has 0 aliphatic carbocycles. The van der Waals surface area contributed by atoms with Gasteiger partial charge in [0.25, 0.3) is 10.0 Å². The first-order valence-electron chi connectivity index (χ1n) is 5.78. The predicted octanol–water partition coefficient (Wildman–Crippen LogP) is 1.72. The molecule has 2 aromatic heterocycles. The van der Waals surface area contributed by atoms with Gasteiger partial charge in [0, 0.05) is 6.20 Å². The molecule has 0 amide bonds. The van der Waals surface area contributed by atoms with Gasteiger partial charge < -0.3 is 5.11 Å². The van der Waals surface area contributed by atoms with Crippen molar-refractivity contribution in [3.63, 3.8) is 0 Å². The van der Waals surface area contributed by atoms with Gasteiger partial charge in [0.05, 0.1) is 18.4 Å². The number of nitrogens with zero attached hydrogens (tertiary/aromatic N) is 2. The molecule has 21 heavy (non-hydrogen) atoms. The number of alkyl halides is 1. The Hall–Kier alpha value is -1.94. The predicted molar refractivity (Wildman–Crippen MR) is 75.0 cm³/mol. The lowest BCUT2D eigenvalue weighted by atomic mass is 10.3. The summed E-state index contributed by atoms with van der Waals surface area (Å²) < 4.78 is 39.9. The number of nitrogens with one attached hydrogen (secondary N) is 1. The summed E-state index contributed by atoms with van der Waals surface area (Å²) in [4.78, 5) is 10.9. The molecule has 10 heteroatoms. The van der Waals surface area contributed by atoms with E-state index in [0.29, 0.717) is 16.9 Å². The zero-order valence-electron chi connectivity index (χ0n) is 10.9. The second-order valence-corrected chi connectivity index (χ2v) is 7.13. The molecule has 2 rings (SSSR count). The Balaban J connectivity index is 2.25. The number of aryl methyl sites for hydroxylation is 2. The third-order valence-corrected chi connectivity index (χ3v) is 5.63. The number of carboxylic acid groups (broad SMARTS) is 1. The van der Waals surface area contributed by atoms with Crippen molar-refractivity contribution in [3.8, 4) is 0 Å². The van der Waals surface area contributed by atoms with Gasteiger partial charge in [-0.15, -0.1) is 11.3 Å². The number of aromatic nitrogens is 2. The van der Waals surface area contributed by atoms with E-state index in [9.17, 15) is 17.6 Å². The molecule has 0 saturated carbocycles. The van der Waals surface area contributed by atoms with Crippen molar-refractivity contribution in [1.29, 1.82) is 0 Å². The minimum Gasteiger partial charge on any atom is -0.477 e. The number of carbonyl (C=O) groups is 1. The van der Waals surface area contributed by atoms with E-state index in [2.05, 4.69) is 9.82 Å². The second-order valence-electron chi connectivity index (χ2n) is 4.17. The number of hydrogen-bond acceptors (Lipinski definition) is 5. The van der Waals surface area contributed by atoms with Crippen LogP contribution in [0.2, 0.25) is 0 Å². The molecule has 0 saturated heterocycles. The van der Waals surface area contributed by atoms with E-state index in [1.807, 2.05) is 0 Å². The van der Waals surface area contributed by atoms with Gasteiger partial charge in [-0.25, -0.2) is 17.6 Å². The molecule has 0 unspecified atom stereocenters. The Morgan fingerprint density at radius 3 is 2.86 bits per heavy atom. The lowest BCUT2D eigenvalue weighted by molar-refractivity contribution is 0.0701. The first-order chi connectivity index (χ1) is 9.83. The largest absolute Gasteiger partial charge is 0.477 e. The highest BCUT2D eigenvalue weighted by molar-refractivity contribution is 7.94. The molecule has 0 spiro atoms. The van der Waals surface area contributed by atoms with Crippen LogP contribution in [0.1, 0.15) is 15.2 Å². The molecule has 0 aliphatic rings. The molecular weight excluding hydrogens is 321 g/mol. The molecule has 2 N–H and O–H groups in total. The van der Waals surface area contributed by atoms with E-state index in [0.717, 1.165) is 0 Å². The maximum Gasteiger partial charge on any atom is 0.346 e. The Morgan fingerprint density at radius 1 is 1.57 bits per heavy atom. The summed E-state index contributed by atoms with van der Waals surface area (Å²) in [7, 11) is -3.89. The Morgan fingerprint density at radius 2 is 2.29 bits per heavy atom. The SMILES string of the molecule is Cc1cc(S(=O)(=O)Nc2cnn(CCF)c2)sc1C(=O)O. The van der Waals surface area contributed by atoms with Crippen molar-refractivity contribution in [1.82, 2.24) is 9.78 Å². The van der Waals surface area contributed by atoms with E-state index in [1.165, 1.54) is 30.1 Å². The van der Waals surface area contributed by atoms with Crippen LogP contribution >= 0.6 is 11.3 Å². The van der Waals surface area contributed by atoms with Gasteiger partial charge in [-0.3, -0.25) is 9.40 Å². The molecule has 0 bridgehead atoms. The number of rotatable bonds is 6. The van der Waals surface area contributed by atoms with E-state index in [-0.39, 0.29) is 21.3 Å². The normalized spacial score (nSPS) is 11.5. The van der Waals surface area contributed by atoms with E-state index >= 15 is 0 Å². The van der Waals surface area contributed by atoms with Crippen molar-refractivity contribution in [3.05, 3.63) is 28.9 Å². The van der Waals surface area contributed by atoms with Crippen LogP contribution < -0.4 is 4.72 Å². The number of halogens is 1. The van der Waals surface area contributed by atoms with Crippen LogP contribution in [-0.2, 0) is 16.6 Å². The summed E-state index contributed by atoms with van der Waals surface area (Å²) in [5.41, 5.74) is 0.562. The van der Waals surface area contributed by atoms with Crippen molar-refractivity contribution in [2.75, 3.05) is 11.4 Å². The van der Waals surface area contributed by atoms with Gasteiger partial charge in [-0.05, 0) is 18.6 Å². The first kappa shape index (κ1) is 15.4. The highest BCUT2D eigenvalue weighted by atomic mass is 32.2. The summed E-state index contributed by atoms with van der Waals surface area (Å²) in [5.74, 6) is -1.17. The fraction of sp³-hybridized carbons (Fsp3) is 0.273. The van der Waals surface area contributed by atoms with E-state index in [4.69, 9.17) is 5.11 Å². The molecule has 2 heterocycles. The van der Waals surface area contributed by atoms with Gasteiger partial charge in [-0.1, -0.05) is 0 Å². The summed E-state index contributed by atoms with van der Waals surface area (Å²) >= 11 is 0.674. The molecule has 0 atom stereocenters. The zero-order valence-corrected chi connectivity index (χ0v) is 12.5. The standard InChI is InChI=1S/C11H12FN3O4S2/c1-7-4-9(20-10(7)11(16)17)21(18,19)14-8-5-13-15(6-8)3-2-12/h4-6,14H,2-3H2,1H3,(H,16,17). The highest BCUT2D eigenvalue weighted by Gasteiger charge is 2.22. The molecule has 0 radical (unpaired) electrons. The van der Waals surface area contributed by atoms with Crippen molar-refractivity contribution >= 4 is 33.0 Å². The van der Waals surface area contributed by atoms with Crippen molar-refractivity contribution < 1.29 is 22.7 Å². The van der Waals surface area contributed by atoms with Gasteiger partial charge >= 0.3 is 5.97 Å². The van der Waals surface area contributed by atoms with Crippen LogP contribution in [-0.4, -0.2) is 35.9 Å². The minimum absolute atomic E-state index is 0.0245. The molecule has 0 fully saturated rings. The molecule has 2 aromatic rings. The molecular formula is C11H12FN3O4S2. The zero-order chi connectivity index (χ0) is 15.6. The number of aromatic carboxylic acids is 1. The van der Waals surface area contributed by atoms with Crippen molar-refractivity contribution in [2.45, 2.75) is 17.7 Å². The van der Waals surface area contributed by atoms with Crippen LogP contribution in [0, 0.1) is 6.92 Å². The van der Waals surface area contributed by atoms with Gasteiger partial charge in [0.2, 0.25) is 0 Å². The summed E-state index contributed by atoms with van der Waals surface area (Å²) in [6, 6.07) is 1.29. The van der Waals surface area contributed by atoms with Crippen molar-refractivity contribution in [2.24, 2.45) is 0 Å². The second kappa shape index (κ2) is 5.82. The monoisotopic (exact) mass is 333 g/mol. The average molecular weight is 333 g/mol. The van der Waals surface area contributed by atoms with Gasteiger partial charge in [0.15, 0.2) is 0 Å². The summed E-state index contributed by atoms with van der Waals surface area (Å²) in [5, 5.41) is 12.7. The maximum absolute atomic E-state index is 12.2.